The molecule has 3 N–H and O–H groups in total. The third-order valence-electron chi connectivity index (χ3n) is 7.14. The Hall–Kier alpha value is -1.50. The van der Waals surface area contributed by atoms with Crippen LogP contribution in [0.5, 0.6) is 5.75 Å². The summed E-state index contributed by atoms with van der Waals surface area (Å²) in [4.78, 5) is 11.4. The lowest BCUT2D eigenvalue weighted by Gasteiger charge is -2.49. The molecule has 6 heteroatoms. The average Bonchev–Trinajstić information content (AvgIpc) is 3.48. The van der Waals surface area contributed by atoms with Gasteiger partial charge in [-0.1, -0.05) is 13.0 Å². The van der Waals surface area contributed by atoms with Crippen molar-refractivity contribution in [2.45, 2.75) is 70.1 Å². The maximum atomic E-state index is 11.4. The van der Waals surface area contributed by atoms with Gasteiger partial charge in [0.15, 0.2) is 5.75 Å². The molecule has 3 aliphatic rings. The lowest BCUT2D eigenvalue weighted by molar-refractivity contribution is 0.0235. The van der Waals surface area contributed by atoms with E-state index in [4.69, 9.17) is 9.84 Å². The van der Waals surface area contributed by atoms with Crippen molar-refractivity contribution in [3.8, 4) is 5.75 Å². The normalized spacial score (nSPS) is 31.7. The van der Waals surface area contributed by atoms with E-state index in [1.54, 1.807) is 6.07 Å². The number of nitrogens with one attached hydrogen (secondary N) is 2. The lowest BCUT2D eigenvalue weighted by atomic mass is 9.59. The molecule has 2 saturated carbocycles. The van der Waals surface area contributed by atoms with Gasteiger partial charge in [-0.05, 0) is 81.8 Å². The number of nitroso groups, excluding NO2 is 1. The van der Waals surface area contributed by atoms with Crippen molar-refractivity contribution in [3.63, 3.8) is 0 Å². The number of rotatable bonds is 6. The molecule has 4 rings (SSSR count). The molecular formula is C22H35N3O3. The Bertz CT molecular complexity index is 707. The summed E-state index contributed by atoms with van der Waals surface area (Å²) >= 11 is 0. The summed E-state index contributed by atoms with van der Waals surface area (Å²) in [6.07, 6.45) is 5.01. The van der Waals surface area contributed by atoms with Gasteiger partial charge in [-0.3, -0.25) is 0 Å². The molecule has 1 aromatic carbocycles. The smallest absolute Gasteiger partial charge is 0.153 e. The summed E-state index contributed by atoms with van der Waals surface area (Å²) in [6, 6.07) is 4.52. The van der Waals surface area contributed by atoms with Gasteiger partial charge in [-0.15, -0.1) is 4.91 Å². The molecule has 2 aliphatic carbocycles. The third kappa shape index (κ3) is 3.46. The summed E-state index contributed by atoms with van der Waals surface area (Å²) in [5.41, 5.74) is 2.72. The Kier molecular flexibility index (Phi) is 6.42. The first-order valence-electron chi connectivity index (χ1n) is 10.5. The molecule has 5 unspecified atom stereocenters. The Morgan fingerprint density at radius 3 is 2.61 bits per heavy atom. The van der Waals surface area contributed by atoms with Gasteiger partial charge >= 0.3 is 0 Å². The minimum absolute atomic E-state index is 0.0352. The number of aliphatic hydroxyl groups excluding tert-OH is 1. The number of fused-ring (bicyclic) bond motifs is 3. The summed E-state index contributed by atoms with van der Waals surface area (Å²) < 4.78 is 6.45. The number of hydrogen-bond acceptors (Lipinski definition) is 6. The van der Waals surface area contributed by atoms with Crippen LogP contribution in [0.2, 0.25) is 0 Å². The maximum Gasteiger partial charge on any atom is 0.153 e. The largest absolute Gasteiger partial charge is 0.485 e. The first-order chi connectivity index (χ1) is 13.5. The molecule has 0 radical (unpaired) electrons. The van der Waals surface area contributed by atoms with Crippen LogP contribution in [0.1, 0.15) is 50.7 Å². The van der Waals surface area contributed by atoms with Gasteiger partial charge in [0.05, 0.1) is 0 Å². The molecule has 0 aromatic heterocycles. The van der Waals surface area contributed by atoms with Crippen molar-refractivity contribution >= 4 is 5.69 Å². The number of benzene rings is 1. The SMILES string of the molecule is CNC1CCC(C(C)NCC2CC2)C2(C)c3c(C)ccc(N=O)c3OC12.CO. The first kappa shape index (κ1) is 21.2. The van der Waals surface area contributed by atoms with Gasteiger partial charge in [0.1, 0.15) is 11.8 Å². The number of ether oxygens (including phenoxy) is 1. The predicted octanol–water partition coefficient (Wildman–Crippen LogP) is 3.41. The van der Waals surface area contributed by atoms with Gasteiger partial charge in [0.2, 0.25) is 0 Å². The van der Waals surface area contributed by atoms with Crippen molar-refractivity contribution < 1.29 is 9.84 Å². The molecule has 0 bridgehead atoms. The van der Waals surface area contributed by atoms with E-state index in [-0.39, 0.29) is 17.6 Å². The van der Waals surface area contributed by atoms with E-state index in [2.05, 4.69) is 36.6 Å². The molecule has 156 valence electrons. The molecule has 28 heavy (non-hydrogen) atoms. The van der Waals surface area contributed by atoms with Crippen LogP contribution in [0.25, 0.3) is 0 Å². The van der Waals surface area contributed by atoms with Crippen LogP contribution < -0.4 is 15.4 Å². The highest BCUT2D eigenvalue weighted by Gasteiger charge is 2.58. The minimum atomic E-state index is -0.123. The fourth-order valence-corrected chi connectivity index (χ4v) is 5.51. The number of likely N-dealkylation sites (N-methyl/N-ethyl adjacent to an activating group) is 1. The Labute approximate surface area is 168 Å². The van der Waals surface area contributed by atoms with Crippen molar-refractivity contribution in [2.24, 2.45) is 17.0 Å². The lowest BCUT2D eigenvalue weighted by Crippen LogP contribution is -2.60. The predicted molar refractivity (Wildman–Crippen MR) is 112 cm³/mol. The first-order valence-corrected chi connectivity index (χ1v) is 10.5. The van der Waals surface area contributed by atoms with Gasteiger partial charge in [0, 0.05) is 30.2 Å². The number of hydrogen-bond donors (Lipinski definition) is 3. The highest BCUT2D eigenvalue weighted by molar-refractivity contribution is 5.64. The highest BCUT2D eigenvalue weighted by Crippen LogP contribution is 2.57. The van der Waals surface area contributed by atoms with Crippen molar-refractivity contribution in [1.82, 2.24) is 10.6 Å². The van der Waals surface area contributed by atoms with E-state index in [0.717, 1.165) is 32.4 Å². The third-order valence-corrected chi connectivity index (χ3v) is 7.14. The molecule has 1 heterocycles. The molecule has 6 nitrogen and oxygen atoms in total. The van der Waals surface area contributed by atoms with Gasteiger partial charge < -0.3 is 20.5 Å². The molecule has 0 amide bonds. The van der Waals surface area contributed by atoms with E-state index in [1.807, 2.05) is 13.1 Å². The Balaban J connectivity index is 0.00000109. The van der Waals surface area contributed by atoms with Crippen LogP contribution >= 0.6 is 0 Å². The van der Waals surface area contributed by atoms with Gasteiger partial charge in [0.25, 0.3) is 0 Å². The van der Waals surface area contributed by atoms with Crippen molar-refractivity contribution in [2.75, 3.05) is 20.7 Å². The molecule has 0 spiro atoms. The minimum Gasteiger partial charge on any atom is -0.485 e. The Morgan fingerprint density at radius 1 is 1.29 bits per heavy atom. The second-order valence-corrected chi connectivity index (χ2v) is 8.74. The van der Waals surface area contributed by atoms with Gasteiger partial charge in [-0.25, -0.2) is 0 Å². The quantitative estimate of drug-likeness (QED) is 0.650. The van der Waals surface area contributed by atoms with Crippen LogP contribution in [0.15, 0.2) is 17.3 Å². The maximum absolute atomic E-state index is 11.4. The zero-order valence-electron chi connectivity index (χ0n) is 17.8. The Morgan fingerprint density at radius 2 is 2.00 bits per heavy atom. The summed E-state index contributed by atoms with van der Waals surface area (Å²) in [5.74, 6) is 2.06. The topological polar surface area (TPSA) is 83.0 Å². The van der Waals surface area contributed by atoms with Crippen LogP contribution in [0.4, 0.5) is 5.69 Å². The van der Waals surface area contributed by atoms with Crippen molar-refractivity contribution in [1.29, 1.82) is 0 Å². The number of aryl methyl sites for hydroxylation is 1. The van der Waals surface area contributed by atoms with E-state index in [1.165, 1.54) is 24.0 Å². The fourth-order valence-electron chi connectivity index (χ4n) is 5.51. The molecule has 0 saturated heterocycles. The molecule has 5 atom stereocenters. The average molecular weight is 390 g/mol. The zero-order chi connectivity index (χ0) is 20.5. The van der Waals surface area contributed by atoms with E-state index >= 15 is 0 Å². The highest BCUT2D eigenvalue weighted by atomic mass is 16.5. The van der Waals surface area contributed by atoms with Crippen LogP contribution in [-0.2, 0) is 5.41 Å². The van der Waals surface area contributed by atoms with Crippen LogP contribution in [0.3, 0.4) is 0 Å². The molecule has 1 aromatic rings. The van der Waals surface area contributed by atoms with Crippen LogP contribution in [0, 0.1) is 23.7 Å². The monoisotopic (exact) mass is 389 g/mol. The molecule has 1 aliphatic heterocycles. The second kappa shape index (κ2) is 8.47. The fraction of sp³-hybridized carbons (Fsp3) is 0.727. The van der Waals surface area contributed by atoms with E-state index in [0.29, 0.717) is 23.4 Å². The summed E-state index contributed by atoms with van der Waals surface area (Å²) in [7, 11) is 3.01. The zero-order valence-corrected chi connectivity index (χ0v) is 17.8. The van der Waals surface area contributed by atoms with Gasteiger partial charge in [-0.2, -0.15) is 0 Å². The number of nitrogens with zero attached hydrogens (tertiary/aromatic N) is 1. The second-order valence-electron chi connectivity index (χ2n) is 8.74. The van der Waals surface area contributed by atoms with Crippen molar-refractivity contribution in [3.05, 3.63) is 28.2 Å². The summed E-state index contributed by atoms with van der Waals surface area (Å²) in [6.45, 7) is 7.92. The summed E-state index contributed by atoms with van der Waals surface area (Å²) in [5, 5.41) is 17.5. The molecule has 2 fully saturated rings. The van der Waals surface area contributed by atoms with E-state index in [9.17, 15) is 4.91 Å². The van der Waals surface area contributed by atoms with Crippen LogP contribution in [-0.4, -0.2) is 44.0 Å². The number of aliphatic hydroxyl groups is 1. The molecular weight excluding hydrogens is 354 g/mol. The van der Waals surface area contributed by atoms with E-state index < -0.39 is 0 Å². The standard InChI is InChI=1S/C21H31N3O2.CH4O/c1-12-5-9-16(24-25)19-18(12)21(3)15(13(2)23-11-14-6-7-14)8-10-17(22-4)20(21)26-19;1-2/h5,9,13-15,17,20,22-23H,6-8,10-11H2,1-4H3;2H,1H3.